The van der Waals surface area contributed by atoms with E-state index in [1.54, 1.807) is 12.1 Å². The summed E-state index contributed by atoms with van der Waals surface area (Å²) in [6.07, 6.45) is 0.674. The van der Waals surface area contributed by atoms with Crippen LogP contribution in [0.2, 0.25) is 5.02 Å². The predicted molar refractivity (Wildman–Crippen MR) is 84.3 cm³/mol. The average Bonchev–Trinajstić information content (AvgIpc) is 3.01. The minimum absolute atomic E-state index is 0.112. The molecule has 2 rings (SSSR count). The molecule has 1 unspecified atom stereocenters. The zero-order chi connectivity index (χ0) is 15.1. The summed E-state index contributed by atoms with van der Waals surface area (Å²) in [5.41, 5.74) is 1.12. The van der Waals surface area contributed by atoms with Crippen molar-refractivity contribution in [2.75, 3.05) is 12.3 Å². The Labute approximate surface area is 132 Å². The number of nitrogens with one attached hydrogen (secondary N) is 1. The van der Waals surface area contributed by atoms with Crippen molar-refractivity contribution in [3.63, 3.8) is 0 Å². The second kappa shape index (κ2) is 8.12. The summed E-state index contributed by atoms with van der Waals surface area (Å²) in [7, 11) is 0. The van der Waals surface area contributed by atoms with E-state index in [1.807, 2.05) is 24.3 Å². The first-order chi connectivity index (χ1) is 10.1. The van der Waals surface area contributed by atoms with Crippen LogP contribution in [0, 0.1) is 0 Å². The predicted octanol–water partition coefficient (Wildman–Crippen LogP) is 3.02. The summed E-state index contributed by atoms with van der Waals surface area (Å²) in [6.45, 7) is 0.147. The molecular formula is C15H16ClNO3S. The highest BCUT2D eigenvalue weighted by atomic mass is 35.5. The lowest BCUT2D eigenvalue weighted by Gasteiger charge is -2.09. The number of benzene rings is 1. The maximum Gasteiger partial charge on any atom is 0.230 e. The summed E-state index contributed by atoms with van der Waals surface area (Å²) in [4.78, 5) is 11.7. The second-order valence-electron chi connectivity index (χ2n) is 4.45. The van der Waals surface area contributed by atoms with Gasteiger partial charge in [-0.3, -0.25) is 4.79 Å². The number of aliphatic hydroxyl groups excluding tert-OH is 1. The lowest BCUT2D eigenvalue weighted by Crippen LogP contribution is -2.29. The van der Waals surface area contributed by atoms with E-state index in [4.69, 9.17) is 16.0 Å². The molecule has 2 N–H and O–H groups in total. The van der Waals surface area contributed by atoms with E-state index in [0.29, 0.717) is 16.5 Å². The third-order valence-corrected chi connectivity index (χ3v) is 4.04. The molecule has 1 aromatic heterocycles. The number of hydrogen-bond acceptors (Lipinski definition) is 4. The van der Waals surface area contributed by atoms with Crippen molar-refractivity contribution in [3.05, 3.63) is 59.0 Å². The third-order valence-electron chi connectivity index (χ3n) is 2.78. The van der Waals surface area contributed by atoms with Gasteiger partial charge in [0.25, 0.3) is 0 Å². The smallest absolute Gasteiger partial charge is 0.230 e. The van der Waals surface area contributed by atoms with Gasteiger partial charge < -0.3 is 14.8 Å². The molecule has 6 heteroatoms. The molecule has 0 aliphatic carbocycles. The van der Waals surface area contributed by atoms with Gasteiger partial charge in [-0.25, -0.2) is 0 Å². The summed E-state index contributed by atoms with van der Waals surface area (Å²) < 4.78 is 5.06. The van der Waals surface area contributed by atoms with Crippen LogP contribution in [0.3, 0.4) is 0 Å². The summed E-state index contributed by atoms with van der Waals surface area (Å²) >= 11 is 7.32. The van der Waals surface area contributed by atoms with Crippen LogP contribution < -0.4 is 5.32 Å². The molecule has 2 aromatic rings. The Bertz CT molecular complexity index is 557. The zero-order valence-corrected chi connectivity index (χ0v) is 12.9. The van der Waals surface area contributed by atoms with Gasteiger partial charge in [0.05, 0.1) is 18.6 Å². The molecule has 1 amide bonds. The Morgan fingerprint density at radius 1 is 1.33 bits per heavy atom. The molecule has 0 radical (unpaired) electrons. The van der Waals surface area contributed by atoms with Crippen LogP contribution in [0.1, 0.15) is 17.4 Å². The van der Waals surface area contributed by atoms with Gasteiger partial charge >= 0.3 is 0 Å². The van der Waals surface area contributed by atoms with E-state index in [2.05, 4.69) is 5.32 Å². The first-order valence-electron chi connectivity index (χ1n) is 6.45. The fourth-order valence-electron chi connectivity index (χ4n) is 1.69. The fraction of sp³-hybridized carbons (Fsp3) is 0.267. The highest BCUT2D eigenvalue weighted by Gasteiger charge is 2.11. The molecule has 0 spiro atoms. The first-order valence-corrected chi connectivity index (χ1v) is 7.99. The second-order valence-corrected chi connectivity index (χ2v) is 5.88. The summed E-state index contributed by atoms with van der Waals surface area (Å²) in [5, 5.41) is 13.1. The highest BCUT2D eigenvalue weighted by Crippen LogP contribution is 2.15. The number of amides is 1. The summed E-state index contributed by atoms with van der Waals surface area (Å²) in [5.74, 6) is 1.42. The lowest BCUT2D eigenvalue weighted by molar-refractivity contribution is -0.119. The number of furan rings is 1. The van der Waals surface area contributed by atoms with Crippen LogP contribution in [0.15, 0.2) is 47.1 Å². The van der Waals surface area contributed by atoms with E-state index in [0.717, 1.165) is 11.3 Å². The van der Waals surface area contributed by atoms with Gasteiger partial charge in [0.1, 0.15) is 11.9 Å². The Kier molecular flexibility index (Phi) is 6.17. The topological polar surface area (TPSA) is 62.5 Å². The van der Waals surface area contributed by atoms with Crippen molar-refractivity contribution >= 4 is 29.3 Å². The molecule has 0 fully saturated rings. The van der Waals surface area contributed by atoms with Crippen LogP contribution in [-0.2, 0) is 10.5 Å². The molecule has 0 aliphatic rings. The van der Waals surface area contributed by atoms with Crippen molar-refractivity contribution < 1.29 is 14.3 Å². The SMILES string of the molecule is O=C(CSCc1ccc(Cl)cc1)NCC(O)c1ccco1. The van der Waals surface area contributed by atoms with Crippen molar-refractivity contribution in [2.45, 2.75) is 11.9 Å². The molecule has 4 nitrogen and oxygen atoms in total. The van der Waals surface area contributed by atoms with Crippen molar-refractivity contribution in [1.82, 2.24) is 5.32 Å². The first kappa shape index (κ1) is 15.9. The molecule has 21 heavy (non-hydrogen) atoms. The van der Waals surface area contributed by atoms with Crippen molar-refractivity contribution in [2.24, 2.45) is 0 Å². The zero-order valence-electron chi connectivity index (χ0n) is 11.3. The van der Waals surface area contributed by atoms with Gasteiger partial charge in [-0.05, 0) is 29.8 Å². The molecule has 1 atom stereocenters. The number of thioether (sulfide) groups is 1. The van der Waals surface area contributed by atoms with Gasteiger partial charge in [0.15, 0.2) is 0 Å². The lowest BCUT2D eigenvalue weighted by atomic mass is 10.2. The van der Waals surface area contributed by atoms with Crippen molar-refractivity contribution in [1.29, 1.82) is 0 Å². The van der Waals surface area contributed by atoms with E-state index in [1.165, 1.54) is 18.0 Å². The van der Waals surface area contributed by atoms with Crippen LogP contribution >= 0.6 is 23.4 Å². The Morgan fingerprint density at radius 3 is 2.76 bits per heavy atom. The quantitative estimate of drug-likeness (QED) is 0.821. The number of carbonyl (C=O) groups excluding carboxylic acids is 1. The molecule has 0 bridgehead atoms. The average molecular weight is 326 g/mol. The maximum atomic E-state index is 11.7. The van der Waals surface area contributed by atoms with Gasteiger partial charge in [0.2, 0.25) is 5.91 Å². The monoisotopic (exact) mass is 325 g/mol. The van der Waals surface area contributed by atoms with Gasteiger partial charge in [-0.2, -0.15) is 0 Å². The Hall–Kier alpha value is -1.43. The Balaban J connectivity index is 1.64. The van der Waals surface area contributed by atoms with E-state index >= 15 is 0 Å². The number of halogens is 1. The van der Waals surface area contributed by atoms with Crippen LogP contribution in [0.25, 0.3) is 0 Å². The standard InChI is InChI=1S/C15H16ClNO3S/c16-12-5-3-11(4-6-12)9-21-10-15(19)17-8-13(18)14-2-1-7-20-14/h1-7,13,18H,8-10H2,(H,17,19). The van der Waals surface area contributed by atoms with Crippen molar-refractivity contribution in [3.8, 4) is 0 Å². The van der Waals surface area contributed by atoms with Crippen LogP contribution in [0.5, 0.6) is 0 Å². The van der Waals surface area contributed by atoms with Gasteiger partial charge in [0, 0.05) is 10.8 Å². The molecule has 1 heterocycles. The molecule has 0 saturated heterocycles. The van der Waals surface area contributed by atoms with E-state index in [9.17, 15) is 9.90 Å². The minimum atomic E-state index is -0.815. The van der Waals surface area contributed by atoms with Gasteiger partial charge in [-0.15, -0.1) is 11.8 Å². The molecule has 0 saturated carbocycles. The molecular weight excluding hydrogens is 310 g/mol. The van der Waals surface area contributed by atoms with E-state index < -0.39 is 6.10 Å². The number of hydrogen-bond donors (Lipinski definition) is 2. The normalized spacial score (nSPS) is 12.1. The maximum absolute atomic E-state index is 11.7. The fourth-order valence-corrected chi connectivity index (χ4v) is 2.63. The number of carbonyl (C=O) groups is 1. The van der Waals surface area contributed by atoms with Crippen LogP contribution in [-0.4, -0.2) is 23.3 Å². The number of aliphatic hydroxyl groups is 1. The third kappa shape index (κ3) is 5.46. The minimum Gasteiger partial charge on any atom is -0.467 e. The van der Waals surface area contributed by atoms with Crippen LogP contribution in [0.4, 0.5) is 0 Å². The van der Waals surface area contributed by atoms with E-state index in [-0.39, 0.29) is 12.5 Å². The molecule has 112 valence electrons. The molecule has 1 aromatic carbocycles. The Morgan fingerprint density at radius 2 is 2.10 bits per heavy atom. The van der Waals surface area contributed by atoms with Gasteiger partial charge in [-0.1, -0.05) is 23.7 Å². The summed E-state index contributed by atoms with van der Waals surface area (Å²) in [6, 6.07) is 10.9. The largest absolute Gasteiger partial charge is 0.467 e. The molecule has 0 aliphatic heterocycles. The highest BCUT2D eigenvalue weighted by molar-refractivity contribution is 7.99. The number of rotatable bonds is 7.